The van der Waals surface area contributed by atoms with Crippen LogP contribution in [-0.2, 0) is 14.8 Å². The Morgan fingerprint density at radius 2 is 1.75 bits per heavy atom. The third-order valence-corrected chi connectivity index (χ3v) is 9.65. The molecule has 0 aromatic heterocycles. The fourth-order valence-corrected chi connectivity index (χ4v) is 7.73. The Bertz CT molecular complexity index is 857. The van der Waals surface area contributed by atoms with Crippen LogP contribution < -0.4 is 9.64 Å². The second kappa shape index (κ2) is 6.73. The summed E-state index contributed by atoms with van der Waals surface area (Å²) in [6, 6.07) is 7.84. The molecule has 2 saturated carbocycles. The molecule has 1 aliphatic heterocycles. The molecule has 0 N–H and O–H groups in total. The van der Waals surface area contributed by atoms with Gasteiger partial charge in [-0.1, -0.05) is 13.8 Å². The lowest BCUT2D eigenvalue weighted by atomic mass is 9.70. The number of sulfonamides is 1. The highest BCUT2D eigenvalue weighted by molar-refractivity contribution is 7.89. The van der Waals surface area contributed by atoms with Crippen molar-refractivity contribution in [3.8, 4) is 5.75 Å². The minimum absolute atomic E-state index is 0.0229. The molecule has 1 aromatic rings. The van der Waals surface area contributed by atoms with Crippen molar-refractivity contribution in [2.75, 3.05) is 43.9 Å². The molecule has 3 fully saturated rings. The van der Waals surface area contributed by atoms with Crippen molar-refractivity contribution >= 4 is 21.5 Å². The maximum absolute atomic E-state index is 13.2. The molecule has 0 unspecified atom stereocenters. The minimum atomic E-state index is -3.47. The van der Waals surface area contributed by atoms with Gasteiger partial charge in [0.2, 0.25) is 10.0 Å². The van der Waals surface area contributed by atoms with Gasteiger partial charge in [-0.3, -0.25) is 4.79 Å². The normalized spacial score (nSPS) is 30.0. The summed E-state index contributed by atoms with van der Waals surface area (Å²) >= 11 is 0. The zero-order valence-electron chi connectivity index (χ0n) is 17.0. The van der Waals surface area contributed by atoms with Gasteiger partial charge >= 0.3 is 0 Å². The van der Waals surface area contributed by atoms with E-state index in [9.17, 15) is 13.2 Å². The first kappa shape index (κ1) is 19.7. The lowest BCUT2D eigenvalue weighted by molar-refractivity contribution is -0.128. The van der Waals surface area contributed by atoms with Crippen LogP contribution in [0.1, 0.15) is 33.1 Å². The van der Waals surface area contributed by atoms with Gasteiger partial charge in [0.25, 0.3) is 0 Å². The molecule has 2 aliphatic carbocycles. The van der Waals surface area contributed by atoms with E-state index < -0.39 is 15.4 Å². The lowest BCUT2D eigenvalue weighted by Crippen LogP contribution is -2.52. The van der Waals surface area contributed by atoms with Crippen LogP contribution in [0.3, 0.4) is 0 Å². The Kier molecular flexibility index (Phi) is 4.74. The number of fused-ring (bicyclic) bond motifs is 2. The SMILES string of the molecule is COc1ccc(N2CCN(S(=O)(=O)C[C@]34CC[C@H](CC3=O)C4(C)C)CC2)cc1. The number of hydrogen-bond acceptors (Lipinski definition) is 5. The van der Waals surface area contributed by atoms with Crippen LogP contribution in [0.2, 0.25) is 0 Å². The number of carbonyl (C=O) groups excluding carboxylic acids is 1. The van der Waals surface area contributed by atoms with Gasteiger partial charge in [0, 0.05) is 43.7 Å². The Morgan fingerprint density at radius 3 is 2.25 bits per heavy atom. The molecule has 154 valence electrons. The predicted octanol–water partition coefficient (Wildman–Crippen LogP) is 2.54. The highest BCUT2D eigenvalue weighted by Gasteiger charge is 2.65. The molecule has 28 heavy (non-hydrogen) atoms. The van der Waals surface area contributed by atoms with Crippen molar-refractivity contribution in [2.24, 2.45) is 16.7 Å². The summed E-state index contributed by atoms with van der Waals surface area (Å²) in [4.78, 5) is 14.9. The summed E-state index contributed by atoms with van der Waals surface area (Å²) in [7, 11) is -1.83. The van der Waals surface area contributed by atoms with Crippen LogP contribution in [-0.4, -0.2) is 57.5 Å². The Hall–Kier alpha value is -1.60. The molecular weight excluding hydrogens is 376 g/mol. The number of piperazine rings is 1. The van der Waals surface area contributed by atoms with E-state index in [0.29, 0.717) is 44.9 Å². The summed E-state index contributed by atoms with van der Waals surface area (Å²) in [6.45, 7) is 6.40. The van der Waals surface area contributed by atoms with Crippen LogP contribution in [0.5, 0.6) is 5.75 Å². The van der Waals surface area contributed by atoms with Crippen LogP contribution in [0.4, 0.5) is 5.69 Å². The van der Waals surface area contributed by atoms with Gasteiger partial charge in [-0.05, 0) is 48.4 Å². The first-order chi connectivity index (χ1) is 13.2. The molecule has 0 amide bonds. The van der Waals surface area contributed by atoms with Crippen molar-refractivity contribution in [1.29, 1.82) is 0 Å². The van der Waals surface area contributed by atoms with Crippen LogP contribution in [0.15, 0.2) is 24.3 Å². The van der Waals surface area contributed by atoms with E-state index in [1.54, 1.807) is 11.4 Å². The number of rotatable bonds is 5. The number of ketones is 1. The Labute approximate surface area is 167 Å². The molecule has 0 radical (unpaired) electrons. The standard InChI is InChI=1S/C21H30N2O4S/c1-20(2)16-8-9-21(20,19(24)14-16)15-28(25,26)23-12-10-22(11-13-23)17-4-6-18(27-3)7-5-17/h4-7,16H,8-15H2,1-3H3/t16-,21-/m1/s1. The summed E-state index contributed by atoms with van der Waals surface area (Å²) in [5.74, 6) is 1.28. The summed E-state index contributed by atoms with van der Waals surface area (Å²) < 4.78 is 33.2. The molecule has 4 rings (SSSR count). The summed E-state index contributed by atoms with van der Waals surface area (Å²) in [5, 5.41) is 0. The minimum Gasteiger partial charge on any atom is -0.497 e. The number of Topliss-reactive ketones (excluding diaryl/α,β-unsaturated/α-hetero) is 1. The maximum atomic E-state index is 13.2. The molecule has 1 aromatic carbocycles. The van der Waals surface area contributed by atoms with E-state index >= 15 is 0 Å². The quantitative estimate of drug-likeness (QED) is 0.752. The van der Waals surface area contributed by atoms with Gasteiger partial charge < -0.3 is 9.64 Å². The van der Waals surface area contributed by atoms with E-state index in [-0.39, 0.29) is 17.0 Å². The summed E-state index contributed by atoms with van der Waals surface area (Å²) in [6.07, 6.45) is 2.24. The second-order valence-corrected chi connectivity index (χ2v) is 11.0. The van der Waals surface area contributed by atoms with E-state index in [4.69, 9.17) is 4.74 Å². The van der Waals surface area contributed by atoms with E-state index in [2.05, 4.69) is 18.7 Å². The lowest BCUT2D eigenvalue weighted by Gasteiger charge is -2.40. The Balaban J connectivity index is 1.44. The maximum Gasteiger partial charge on any atom is 0.215 e. The second-order valence-electron chi connectivity index (χ2n) is 9.01. The van der Waals surface area contributed by atoms with Crippen molar-refractivity contribution in [3.05, 3.63) is 24.3 Å². The number of anilines is 1. The summed E-state index contributed by atoms with van der Waals surface area (Å²) in [5.41, 5.74) is 0.160. The molecule has 2 bridgehead atoms. The number of nitrogens with zero attached hydrogens (tertiary/aromatic N) is 2. The van der Waals surface area contributed by atoms with Crippen LogP contribution >= 0.6 is 0 Å². The van der Waals surface area contributed by atoms with Gasteiger partial charge in [0.1, 0.15) is 11.5 Å². The van der Waals surface area contributed by atoms with Gasteiger partial charge in [-0.25, -0.2) is 8.42 Å². The van der Waals surface area contributed by atoms with Crippen molar-refractivity contribution in [1.82, 2.24) is 4.31 Å². The van der Waals surface area contributed by atoms with E-state index in [1.165, 1.54) is 0 Å². The van der Waals surface area contributed by atoms with Gasteiger partial charge in [0.05, 0.1) is 12.9 Å². The van der Waals surface area contributed by atoms with Gasteiger partial charge in [-0.2, -0.15) is 4.31 Å². The fraction of sp³-hybridized carbons (Fsp3) is 0.667. The number of methoxy groups -OCH3 is 1. The molecule has 6 nitrogen and oxygen atoms in total. The third-order valence-electron chi connectivity index (χ3n) is 7.64. The van der Waals surface area contributed by atoms with Crippen LogP contribution in [0, 0.1) is 16.7 Å². The number of benzene rings is 1. The van der Waals surface area contributed by atoms with Gasteiger partial charge in [0.15, 0.2) is 0 Å². The highest BCUT2D eigenvalue weighted by Crippen LogP contribution is 2.64. The molecule has 2 atom stereocenters. The van der Waals surface area contributed by atoms with Crippen molar-refractivity contribution < 1.29 is 17.9 Å². The molecule has 7 heteroatoms. The smallest absolute Gasteiger partial charge is 0.215 e. The molecule has 1 saturated heterocycles. The molecular formula is C21H30N2O4S. The molecule has 0 spiro atoms. The zero-order valence-corrected chi connectivity index (χ0v) is 17.8. The Morgan fingerprint density at radius 1 is 1.11 bits per heavy atom. The highest BCUT2D eigenvalue weighted by atomic mass is 32.2. The first-order valence-electron chi connectivity index (χ1n) is 10.1. The van der Waals surface area contributed by atoms with Gasteiger partial charge in [-0.15, -0.1) is 0 Å². The average molecular weight is 407 g/mol. The molecule has 3 aliphatic rings. The predicted molar refractivity (Wildman–Crippen MR) is 109 cm³/mol. The third kappa shape index (κ3) is 2.94. The topological polar surface area (TPSA) is 66.9 Å². The van der Waals surface area contributed by atoms with E-state index in [1.807, 2.05) is 24.3 Å². The van der Waals surface area contributed by atoms with Crippen molar-refractivity contribution in [3.63, 3.8) is 0 Å². The van der Waals surface area contributed by atoms with Crippen LogP contribution in [0.25, 0.3) is 0 Å². The number of ether oxygens (including phenoxy) is 1. The molecule has 1 heterocycles. The zero-order chi connectivity index (χ0) is 20.2. The number of carbonyl (C=O) groups is 1. The largest absolute Gasteiger partial charge is 0.497 e. The van der Waals surface area contributed by atoms with Crippen molar-refractivity contribution in [2.45, 2.75) is 33.1 Å². The fourth-order valence-electron chi connectivity index (χ4n) is 5.53. The van der Waals surface area contributed by atoms with E-state index in [0.717, 1.165) is 17.9 Å². The number of hydrogen-bond donors (Lipinski definition) is 0. The first-order valence-corrected chi connectivity index (χ1v) is 11.7. The average Bonchev–Trinajstić information content (AvgIpc) is 3.02. The monoisotopic (exact) mass is 406 g/mol.